The number of anilines is 2. The van der Waals surface area contributed by atoms with Gasteiger partial charge in [0.05, 0.1) is 6.33 Å². The fourth-order valence-corrected chi connectivity index (χ4v) is 2.52. The summed E-state index contributed by atoms with van der Waals surface area (Å²) in [6.45, 7) is 0.827. The van der Waals surface area contributed by atoms with E-state index in [1.165, 1.54) is 11.9 Å². The Morgan fingerprint density at radius 3 is 3.06 bits per heavy atom. The molecular formula is C13H12ClN3O. The highest BCUT2D eigenvalue weighted by atomic mass is 35.5. The highest BCUT2D eigenvalue weighted by Crippen LogP contribution is 2.34. The van der Waals surface area contributed by atoms with Gasteiger partial charge >= 0.3 is 0 Å². The summed E-state index contributed by atoms with van der Waals surface area (Å²) in [7, 11) is 0. The van der Waals surface area contributed by atoms with Crippen molar-refractivity contribution in [1.29, 1.82) is 0 Å². The van der Waals surface area contributed by atoms with Gasteiger partial charge in [-0.15, -0.1) is 0 Å². The van der Waals surface area contributed by atoms with E-state index in [0.29, 0.717) is 5.82 Å². The average Bonchev–Trinajstić information content (AvgIpc) is 2.41. The molecule has 0 atom stereocenters. The average molecular weight is 262 g/mol. The first-order valence-electron chi connectivity index (χ1n) is 5.86. The fraction of sp³-hybridized carbons (Fsp3) is 0.231. The molecule has 0 fully saturated rings. The molecule has 1 aromatic carbocycles. The van der Waals surface area contributed by atoms with Crippen molar-refractivity contribution in [3.63, 3.8) is 0 Å². The van der Waals surface area contributed by atoms with Crippen molar-refractivity contribution in [3.05, 3.63) is 51.5 Å². The van der Waals surface area contributed by atoms with Crippen molar-refractivity contribution in [2.24, 2.45) is 0 Å². The van der Waals surface area contributed by atoms with Crippen LogP contribution in [0.25, 0.3) is 0 Å². The highest BCUT2D eigenvalue weighted by molar-refractivity contribution is 6.32. The monoisotopic (exact) mass is 261 g/mol. The van der Waals surface area contributed by atoms with Crippen molar-refractivity contribution in [2.75, 3.05) is 11.4 Å². The second-order valence-electron chi connectivity index (χ2n) is 4.25. The summed E-state index contributed by atoms with van der Waals surface area (Å²) in [5.74, 6) is 0.535. The number of hydrogen-bond acceptors (Lipinski definition) is 3. The molecule has 0 saturated carbocycles. The molecular weight excluding hydrogens is 250 g/mol. The van der Waals surface area contributed by atoms with Crippen molar-refractivity contribution in [1.82, 2.24) is 9.97 Å². The first-order valence-corrected chi connectivity index (χ1v) is 6.24. The maximum Gasteiger partial charge on any atom is 0.271 e. The third-order valence-corrected chi connectivity index (χ3v) is 3.48. The van der Waals surface area contributed by atoms with Gasteiger partial charge in [-0.1, -0.05) is 29.8 Å². The summed E-state index contributed by atoms with van der Waals surface area (Å²) < 4.78 is 0. The number of aromatic amines is 1. The van der Waals surface area contributed by atoms with E-state index in [4.69, 9.17) is 11.6 Å². The lowest BCUT2D eigenvalue weighted by molar-refractivity contribution is 0.758. The largest absolute Gasteiger partial charge is 0.325 e. The van der Waals surface area contributed by atoms with Crippen molar-refractivity contribution in [3.8, 4) is 0 Å². The van der Waals surface area contributed by atoms with Crippen molar-refractivity contribution in [2.45, 2.75) is 12.8 Å². The molecule has 5 heteroatoms. The normalized spacial score (nSPS) is 14.4. The van der Waals surface area contributed by atoms with Crippen LogP contribution in [0.3, 0.4) is 0 Å². The van der Waals surface area contributed by atoms with Crippen LogP contribution in [0.15, 0.2) is 35.4 Å². The lowest BCUT2D eigenvalue weighted by atomic mass is 10.0. The van der Waals surface area contributed by atoms with Gasteiger partial charge in [0.15, 0.2) is 5.82 Å². The van der Waals surface area contributed by atoms with Gasteiger partial charge in [0.25, 0.3) is 5.56 Å². The van der Waals surface area contributed by atoms with Gasteiger partial charge in [-0.2, -0.15) is 0 Å². The lowest BCUT2D eigenvalue weighted by Gasteiger charge is -2.30. The molecule has 0 amide bonds. The van der Waals surface area contributed by atoms with E-state index in [9.17, 15) is 4.79 Å². The number of H-pyrrole nitrogens is 1. The van der Waals surface area contributed by atoms with E-state index in [-0.39, 0.29) is 10.6 Å². The zero-order valence-electron chi connectivity index (χ0n) is 9.69. The molecule has 0 saturated heterocycles. The molecule has 0 aliphatic carbocycles. The Morgan fingerprint density at radius 2 is 2.17 bits per heavy atom. The van der Waals surface area contributed by atoms with Gasteiger partial charge < -0.3 is 9.88 Å². The number of nitrogens with zero attached hydrogens (tertiary/aromatic N) is 2. The standard InChI is InChI=1S/C13H12ClN3O/c14-11-12(15-8-16-13(11)18)17-7-3-5-9-4-1-2-6-10(9)17/h1-2,4,6,8H,3,5,7H2,(H,15,16,18). The topological polar surface area (TPSA) is 49.0 Å². The Balaban J connectivity index is 2.14. The van der Waals surface area contributed by atoms with Crippen LogP contribution in [-0.4, -0.2) is 16.5 Å². The first kappa shape index (κ1) is 11.3. The second kappa shape index (κ2) is 4.46. The summed E-state index contributed by atoms with van der Waals surface area (Å²) in [6, 6.07) is 8.14. The molecule has 1 aliphatic rings. The zero-order chi connectivity index (χ0) is 12.5. The Hall–Kier alpha value is -1.81. The van der Waals surface area contributed by atoms with Gasteiger partial charge in [-0.05, 0) is 24.5 Å². The Morgan fingerprint density at radius 1 is 1.33 bits per heavy atom. The summed E-state index contributed by atoms with van der Waals surface area (Å²) in [5, 5.41) is 0.147. The minimum absolute atomic E-state index is 0.147. The van der Waals surface area contributed by atoms with Crippen LogP contribution in [0.5, 0.6) is 0 Å². The molecule has 1 aromatic heterocycles. The van der Waals surface area contributed by atoms with E-state index in [0.717, 1.165) is 25.1 Å². The van der Waals surface area contributed by atoms with Crippen LogP contribution in [0.1, 0.15) is 12.0 Å². The summed E-state index contributed by atoms with van der Waals surface area (Å²) in [5.41, 5.74) is 2.05. The highest BCUT2D eigenvalue weighted by Gasteiger charge is 2.21. The number of nitrogens with one attached hydrogen (secondary N) is 1. The minimum atomic E-state index is -0.301. The number of benzene rings is 1. The number of aryl methyl sites for hydroxylation is 1. The molecule has 0 bridgehead atoms. The molecule has 0 spiro atoms. The maximum absolute atomic E-state index is 11.5. The van der Waals surface area contributed by atoms with Crippen molar-refractivity contribution >= 4 is 23.1 Å². The fourth-order valence-electron chi connectivity index (χ4n) is 2.32. The summed E-state index contributed by atoms with van der Waals surface area (Å²) in [6.07, 6.45) is 3.47. The number of aromatic nitrogens is 2. The molecule has 2 aromatic rings. The number of para-hydroxylation sites is 1. The molecule has 1 N–H and O–H groups in total. The molecule has 18 heavy (non-hydrogen) atoms. The van der Waals surface area contributed by atoms with Crippen molar-refractivity contribution < 1.29 is 0 Å². The van der Waals surface area contributed by atoms with Crippen LogP contribution in [0.2, 0.25) is 5.02 Å². The van der Waals surface area contributed by atoms with Gasteiger partial charge in [0.2, 0.25) is 0 Å². The van der Waals surface area contributed by atoms with E-state index in [2.05, 4.69) is 16.0 Å². The van der Waals surface area contributed by atoms with Crippen LogP contribution >= 0.6 is 11.6 Å². The molecule has 3 rings (SSSR count). The zero-order valence-corrected chi connectivity index (χ0v) is 10.4. The Bertz CT molecular complexity index is 638. The molecule has 0 unspecified atom stereocenters. The second-order valence-corrected chi connectivity index (χ2v) is 4.63. The summed E-state index contributed by atoms with van der Waals surface area (Å²) in [4.78, 5) is 20.2. The van der Waals surface area contributed by atoms with Gasteiger partial charge in [0, 0.05) is 12.2 Å². The van der Waals surface area contributed by atoms with E-state index in [1.54, 1.807) is 0 Å². The van der Waals surface area contributed by atoms with E-state index in [1.807, 2.05) is 23.1 Å². The molecule has 92 valence electrons. The molecule has 4 nitrogen and oxygen atoms in total. The number of halogens is 1. The molecule has 2 heterocycles. The van der Waals surface area contributed by atoms with Gasteiger partial charge in [-0.3, -0.25) is 4.79 Å². The summed E-state index contributed by atoms with van der Waals surface area (Å²) >= 11 is 6.05. The third-order valence-electron chi connectivity index (χ3n) is 3.14. The lowest BCUT2D eigenvalue weighted by Crippen LogP contribution is -2.27. The van der Waals surface area contributed by atoms with Gasteiger partial charge in [0.1, 0.15) is 5.02 Å². The number of rotatable bonds is 1. The third kappa shape index (κ3) is 1.78. The van der Waals surface area contributed by atoms with Crippen LogP contribution in [0.4, 0.5) is 11.5 Å². The maximum atomic E-state index is 11.5. The number of hydrogen-bond donors (Lipinski definition) is 1. The predicted octanol–water partition coefficient (Wildman–Crippen LogP) is 2.51. The Kier molecular flexibility index (Phi) is 2.80. The Labute approximate surface area is 109 Å². The van der Waals surface area contributed by atoms with E-state index < -0.39 is 0 Å². The molecule has 0 radical (unpaired) electrons. The number of fused-ring (bicyclic) bond motifs is 1. The smallest absolute Gasteiger partial charge is 0.271 e. The van der Waals surface area contributed by atoms with Crippen LogP contribution in [-0.2, 0) is 6.42 Å². The first-order chi connectivity index (χ1) is 8.77. The minimum Gasteiger partial charge on any atom is -0.325 e. The molecule has 1 aliphatic heterocycles. The quantitative estimate of drug-likeness (QED) is 0.858. The SMILES string of the molecule is O=c1[nH]cnc(N2CCCc3ccccc32)c1Cl. The van der Waals surface area contributed by atoms with Crippen LogP contribution < -0.4 is 10.5 Å². The van der Waals surface area contributed by atoms with Gasteiger partial charge in [-0.25, -0.2) is 4.98 Å². The van der Waals surface area contributed by atoms with E-state index >= 15 is 0 Å². The van der Waals surface area contributed by atoms with Crippen LogP contribution in [0, 0.1) is 0 Å². The predicted molar refractivity (Wildman–Crippen MR) is 71.6 cm³/mol.